The van der Waals surface area contributed by atoms with Crippen LogP contribution in [-0.2, 0) is 0 Å². The maximum Gasteiger partial charge on any atom is 0.227 e. The molecule has 3 aromatic heterocycles. The molecule has 0 unspecified atom stereocenters. The highest BCUT2D eigenvalue weighted by molar-refractivity contribution is 7.26. The molecule has 0 aliphatic rings. The van der Waals surface area contributed by atoms with Crippen LogP contribution in [0.15, 0.2) is 150 Å². The van der Waals surface area contributed by atoms with Crippen molar-refractivity contribution in [3.63, 3.8) is 0 Å². The zero-order valence-electron chi connectivity index (χ0n) is 24.1. The number of thiophene rings is 1. The minimum Gasteiger partial charge on any atom is -0.435 e. The molecule has 7 aromatic carbocycles. The fraction of sp³-hybridized carbons (Fsp3) is 0. The van der Waals surface area contributed by atoms with E-state index in [-0.39, 0.29) is 0 Å². The number of para-hydroxylation sites is 1. The molecular weight excluding hydrogens is 569 g/mol. The van der Waals surface area contributed by atoms with Gasteiger partial charge in [-0.15, -0.1) is 11.3 Å². The molecule has 10 aromatic rings. The molecule has 0 N–H and O–H groups in total. The van der Waals surface area contributed by atoms with E-state index in [0.29, 0.717) is 5.89 Å². The minimum absolute atomic E-state index is 0.629. The van der Waals surface area contributed by atoms with Crippen LogP contribution in [-0.4, -0.2) is 9.55 Å². The number of hydrogen-bond acceptors (Lipinski definition) is 3. The van der Waals surface area contributed by atoms with Gasteiger partial charge in [-0.25, -0.2) is 4.98 Å². The normalized spacial score (nSPS) is 12.0. The molecule has 210 valence electrons. The lowest BCUT2D eigenvalue weighted by molar-refractivity contribution is 0.621. The van der Waals surface area contributed by atoms with Crippen LogP contribution >= 0.6 is 11.3 Å². The lowest BCUT2D eigenvalue weighted by Gasteiger charge is -2.09. The molecule has 0 atom stereocenters. The lowest BCUT2D eigenvalue weighted by atomic mass is 10.0. The van der Waals surface area contributed by atoms with E-state index in [1.165, 1.54) is 47.4 Å². The molecule has 0 radical (unpaired) electrons. The predicted molar refractivity (Wildman–Crippen MR) is 190 cm³/mol. The first-order chi connectivity index (χ1) is 22.3. The third kappa shape index (κ3) is 3.67. The van der Waals surface area contributed by atoms with Gasteiger partial charge in [-0.2, -0.15) is 0 Å². The number of aromatic nitrogens is 2. The number of oxazole rings is 1. The van der Waals surface area contributed by atoms with Crippen molar-refractivity contribution in [3.8, 4) is 28.3 Å². The van der Waals surface area contributed by atoms with Crippen molar-refractivity contribution in [2.45, 2.75) is 0 Å². The molecule has 0 fully saturated rings. The van der Waals surface area contributed by atoms with Gasteiger partial charge in [0.25, 0.3) is 0 Å². The van der Waals surface area contributed by atoms with Gasteiger partial charge in [0.15, 0.2) is 5.58 Å². The van der Waals surface area contributed by atoms with E-state index >= 15 is 0 Å². The van der Waals surface area contributed by atoms with Crippen LogP contribution in [0.3, 0.4) is 0 Å². The van der Waals surface area contributed by atoms with Gasteiger partial charge < -0.3 is 8.98 Å². The van der Waals surface area contributed by atoms with Crippen LogP contribution in [0.4, 0.5) is 0 Å². The van der Waals surface area contributed by atoms with E-state index in [4.69, 9.17) is 9.40 Å². The smallest absolute Gasteiger partial charge is 0.227 e. The van der Waals surface area contributed by atoms with Crippen LogP contribution in [0.25, 0.3) is 92.1 Å². The number of fused-ring (bicyclic) bond motifs is 9. The summed E-state index contributed by atoms with van der Waals surface area (Å²) in [5.74, 6) is 0.629. The Hall–Kier alpha value is -5.71. The summed E-state index contributed by atoms with van der Waals surface area (Å²) in [7, 11) is 0. The van der Waals surface area contributed by atoms with Crippen LogP contribution in [0.1, 0.15) is 0 Å². The van der Waals surface area contributed by atoms with Gasteiger partial charge in [0.1, 0.15) is 5.52 Å². The van der Waals surface area contributed by atoms with Gasteiger partial charge in [0.05, 0.1) is 11.0 Å². The molecule has 10 rings (SSSR count). The highest BCUT2D eigenvalue weighted by Crippen LogP contribution is 2.44. The van der Waals surface area contributed by atoms with E-state index in [1.807, 2.05) is 17.4 Å². The van der Waals surface area contributed by atoms with Crippen molar-refractivity contribution in [2.24, 2.45) is 0 Å². The molecule has 3 heterocycles. The zero-order chi connectivity index (χ0) is 29.5. The Kier molecular flexibility index (Phi) is 5.16. The molecule has 3 nitrogen and oxygen atoms in total. The van der Waals surface area contributed by atoms with E-state index < -0.39 is 0 Å². The first-order valence-corrected chi connectivity index (χ1v) is 15.9. The summed E-state index contributed by atoms with van der Waals surface area (Å²) >= 11 is 1.81. The Balaban J connectivity index is 1.17. The molecule has 0 aliphatic carbocycles. The van der Waals surface area contributed by atoms with Gasteiger partial charge in [0, 0.05) is 47.8 Å². The third-order valence-electron chi connectivity index (χ3n) is 9.00. The van der Waals surface area contributed by atoms with Crippen molar-refractivity contribution in [2.75, 3.05) is 0 Å². The number of hydrogen-bond donors (Lipinski definition) is 0. The van der Waals surface area contributed by atoms with Gasteiger partial charge in [0.2, 0.25) is 5.89 Å². The van der Waals surface area contributed by atoms with Crippen molar-refractivity contribution < 1.29 is 4.42 Å². The Morgan fingerprint density at radius 3 is 2.09 bits per heavy atom. The van der Waals surface area contributed by atoms with Crippen molar-refractivity contribution in [1.82, 2.24) is 9.55 Å². The maximum atomic E-state index is 6.67. The lowest BCUT2D eigenvalue weighted by Crippen LogP contribution is -1.93. The number of rotatable bonds is 3. The SMILES string of the molecule is c1ccc(-c2cc3sc4ccccc4c3c3nc(-c4ccc(-n5c6ccccc6c6cc7ccccc7cc65)cc4)oc23)cc1. The summed E-state index contributed by atoms with van der Waals surface area (Å²) in [5, 5.41) is 7.38. The van der Waals surface area contributed by atoms with Gasteiger partial charge >= 0.3 is 0 Å². The number of nitrogens with zero attached hydrogens (tertiary/aromatic N) is 2. The first-order valence-electron chi connectivity index (χ1n) is 15.1. The summed E-state index contributed by atoms with van der Waals surface area (Å²) in [4.78, 5) is 5.18. The Morgan fingerprint density at radius 1 is 0.533 bits per heavy atom. The highest BCUT2D eigenvalue weighted by Gasteiger charge is 2.20. The molecule has 0 bridgehead atoms. The fourth-order valence-electron chi connectivity index (χ4n) is 6.92. The van der Waals surface area contributed by atoms with E-state index in [1.54, 1.807) is 0 Å². The van der Waals surface area contributed by atoms with Crippen molar-refractivity contribution in [1.29, 1.82) is 0 Å². The quantitative estimate of drug-likeness (QED) is 0.204. The molecule has 0 saturated carbocycles. The average molecular weight is 593 g/mol. The summed E-state index contributed by atoms with van der Waals surface area (Å²) in [6, 6.07) is 51.8. The molecular formula is C41H24N2OS. The number of benzene rings is 7. The summed E-state index contributed by atoms with van der Waals surface area (Å²) in [5.41, 5.74) is 8.37. The van der Waals surface area contributed by atoms with Crippen molar-refractivity contribution >= 4 is 75.2 Å². The van der Waals surface area contributed by atoms with Gasteiger partial charge in [-0.05, 0) is 70.9 Å². The minimum atomic E-state index is 0.629. The second kappa shape index (κ2) is 9.39. The van der Waals surface area contributed by atoms with Gasteiger partial charge in [-0.1, -0.05) is 91.0 Å². The summed E-state index contributed by atoms with van der Waals surface area (Å²) < 4.78 is 11.5. The Labute approximate surface area is 262 Å². The standard InChI is InChI=1S/C41H24N2OS/c1-2-10-25(11-3-1)32-24-37-38(31-15-7-9-17-36(31)45-37)39-40(32)44-41(42-39)26-18-20-29(21-19-26)43-34-16-8-6-14-30(34)33-22-27-12-4-5-13-28(27)23-35(33)43/h1-24H. The van der Waals surface area contributed by atoms with Crippen molar-refractivity contribution in [3.05, 3.63) is 146 Å². The molecule has 45 heavy (non-hydrogen) atoms. The summed E-state index contributed by atoms with van der Waals surface area (Å²) in [6.07, 6.45) is 0. The van der Waals surface area contributed by atoms with E-state index in [0.717, 1.165) is 38.9 Å². The van der Waals surface area contributed by atoms with E-state index in [9.17, 15) is 0 Å². The molecule has 0 saturated heterocycles. The molecule has 0 amide bonds. The van der Waals surface area contributed by atoms with Crippen LogP contribution in [0.2, 0.25) is 0 Å². The molecule has 4 heteroatoms. The first kappa shape index (κ1) is 24.7. The Morgan fingerprint density at radius 2 is 1.24 bits per heavy atom. The van der Waals surface area contributed by atoms with Crippen LogP contribution < -0.4 is 0 Å². The zero-order valence-corrected chi connectivity index (χ0v) is 24.9. The predicted octanol–water partition coefficient (Wildman–Crippen LogP) is 11.8. The third-order valence-corrected chi connectivity index (χ3v) is 10.1. The highest BCUT2D eigenvalue weighted by atomic mass is 32.1. The largest absolute Gasteiger partial charge is 0.435 e. The molecule has 0 spiro atoms. The molecule has 0 aliphatic heterocycles. The topological polar surface area (TPSA) is 31.0 Å². The fourth-order valence-corrected chi connectivity index (χ4v) is 8.07. The van der Waals surface area contributed by atoms with Crippen LogP contribution in [0.5, 0.6) is 0 Å². The second-order valence-corrected chi connectivity index (χ2v) is 12.7. The second-order valence-electron chi connectivity index (χ2n) is 11.6. The van der Waals surface area contributed by atoms with Crippen LogP contribution in [0, 0.1) is 0 Å². The Bertz CT molecular complexity index is 2750. The maximum absolute atomic E-state index is 6.67. The summed E-state index contributed by atoms with van der Waals surface area (Å²) in [6.45, 7) is 0. The van der Waals surface area contributed by atoms with E-state index in [2.05, 4.69) is 144 Å². The monoisotopic (exact) mass is 592 g/mol. The van der Waals surface area contributed by atoms with Gasteiger partial charge in [-0.3, -0.25) is 0 Å². The average Bonchev–Trinajstić information content (AvgIpc) is 3.79.